The van der Waals surface area contributed by atoms with Crippen molar-refractivity contribution in [2.24, 2.45) is 5.92 Å². The minimum absolute atomic E-state index is 0.0137. The Hall–Kier alpha value is -2.48. The van der Waals surface area contributed by atoms with E-state index in [1.807, 2.05) is 53.4 Å². The lowest BCUT2D eigenvalue weighted by atomic mass is 9.78. The maximum atomic E-state index is 13.5. The second kappa shape index (κ2) is 10.7. The van der Waals surface area contributed by atoms with Crippen LogP contribution in [0, 0.1) is 11.7 Å². The minimum Gasteiger partial charge on any atom is -0.543 e. The number of halogens is 2. The molecule has 196 valence electrons. The Morgan fingerprint density at radius 3 is 2.32 bits per heavy atom. The van der Waals surface area contributed by atoms with Crippen molar-refractivity contribution >= 4 is 35.8 Å². The number of rotatable bonds is 8. The summed E-state index contributed by atoms with van der Waals surface area (Å²) >= 11 is 3.61. The van der Waals surface area contributed by atoms with Gasteiger partial charge in [-0.25, -0.2) is 4.39 Å². The van der Waals surface area contributed by atoms with Crippen molar-refractivity contribution in [3.63, 3.8) is 0 Å². The molecule has 0 bridgehead atoms. The van der Waals surface area contributed by atoms with Gasteiger partial charge < -0.3 is 14.4 Å². The number of β-lactam (4-membered cyclic amide) rings is 1. The van der Waals surface area contributed by atoms with E-state index in [1.54, 1.807) is 12.1 Å². The van der Waals surface area contributed by atoms with Crippen molar-refractivity contribution in [1.29, 1.82) is 0 Å². The van der Waals surface area contributed by atoms with Crippen LogP contribution in [0.1, 0.15) is 56.9 Å². The first-order chi connectivity index (χ1) is 17.4. The highest BCUT2D eigenvalue weighted by atomic mass is 79.9. The number of hydrogen-bond acceptors (Lipinski definition) is 3. The zero-order valence-corrected chi connectivity index (χ0v) is 24.6. The molecule has 7 heteroatoms. The van der Waals surface area contributed by atoms with E-state index < -0.39 is 14.4 Å². The topological polar surface area (TPSA) is 49.8 Å². The smallest absolute Gasteiger partial charge is 0.250 e. The molecular formula is C30H35BrFNO3Si. The molecule has 3 aromatic rings. The molecule has 1 amide bonds. The second-order valence-electron chi connectivity index (χ2n) is 11.3. The minimum atomic E-state index is -2.15. The first-order valence-corrected chi connectivity index (χ1v) is 16.4. The molecule has 3 aromatic carbocycles. The molecule has 1 aliphatic heterocycles. The highest BCUT2D eigenvalue weighted by molar-refractivity contribution is 9.10. The van der Waals surface area contributed by atoms with Crippen LogP contribution < -0.4 is 9.33 Å². The molecule has 1 saturated heterocycles. The van der Waals surface area contributed by atoms with Crippen molar-refractivity contribution in [3.05, 3.63) is 94.2 Å². The van der Waals surface area contributed by atoms with Gasteiger partial charge in [0, 0.05) is 15.7 Å². The van der Waals surface area contributed by atoms with Gasteiger partial charge in [-0.15, -0.1) is 0 Å². The third-order valence-corrected chi connectivity index (χ3v) is 12.6. The fourth-order valence-corrected chi connectivity index (χ4v) is 5.89. The first kappa shape index (κ1) is 27.5. The molecule has 0 aromatic heterocycles. The molecule has 1 aliphatic rings. The Bertz CT molecular complexity index is 1240. The highest BCUT2D eigenvalue weighted by Gasteiger charge is 2.50. The number of carbonyl (C=O) groups excluding carboxylic acids is 1. The van der Waals surface area contributed by atoms with Gasteiger partial charge in [0.15, 0.2) is 0 Å². The number of benzene rings is 3. The van der Waals surface area contributed by atoms with E-state index in [0.29, 0.717) is 18.4 Å². The third-order valence-electron chi connectivity index (χ3n) is 7.72. The summed E-state index contributed by atoms with van der Waals surface area (Å²) in [5, 5.41) is 10.8. The molecule has 0 spiro atoms. The van der Waals surface area contributed by atoms with Crippen LogP contribution in [0.5, 0.6) is 5.75 Å². The van der Waals surface area contributed by atoms with Gasteiger partial charge in [-0.3, -0.25) is 4.79 Å². The molecule has 0 aliphatic carbocycles. The number of anilines is 1. The average molecular weight is 585 g/mol. The summed E-state index contributed by atoms with van der Waals surface area (Å²) in [6, 6.07) is 21.4. The van der Waals surface area contributed by atoms with Crippen LogP contribution >= 0.6 is 15.9 Å². The fourth-order valence-electron chi connectivity index (χ4n) is 4.52. The number of amides is 1. The van der Waals surface area contributed by atoms with E-state index in [4.69, 9.17) is 4.43 Å². The quantitative estimate of drug-likeness (QED) is 0.215. The lowest BCUT2D eigenvalue weighted by molar-refractivity contribution is -0.131. The number of carbonyl (C=O) groups is 1. The summed E-state index contributed by atoms with van der Waals surface area (Å²) in [4.78, 5) is 15.4. The monoisotopic (exact) mass is 583 g/mol. The Morgan fingerprint density at radius 1 is 1.05 bits per heavy atom. The first-order valence-electron chi connectivity index (χ1n) is 12.7. The average Bonchev–Trinajstić information content (AvgIpc) is 2.83. The number of nitrogens with zero attached hydrogens (tertiary/aromatic N) is 1. The molecule has 3 atom stereocenters. The third kappa shape index (κ3) is 5.84. The molecule has 1 N–H and O–H groups in total. The molecular weight excluding hydrogens is 549 g/mol. The lowest BCUT2D eigenvalue weighted by Crippen LogP contribution is -2.55. The number of para-hydroxylation sites is 1. The van der Waals surface area contributed by atoms with E-state index in [1.165, 1.54) is 12.1 Å². The summed E-state index contributed by atoms with van der Waals surface area (Å²) in [7, 11) is -2.15. The predicted molar refractivity (Wildman–Crippen MR) is 153 cm³/mol. The van der Waals surface area contributed by atoms with Crippen molar-refractivity contribution < 1.29 is 18.7 Å². The Morgan fingerprint density at radius 2 is 1.70 bits per heavy atom. The van der Waals surface area contributed by atoms with Gasteiger partial charge in [0.2, 0.25) is 14.2 Å². The maximum Gasteiger partial charge on any atom is 0.250 e. The van der Waals surface area contributed by atoms with Gasteiger partial charge in [-0.05, 0) is 72.9 Å². The van der Waals surface area contributed by atoms with Gasteiger partial charge in [-0.2, -0.15) is 0 Å². The van der Waals surface area contributed by atoms with E-state index >= 15 is 0 Å². The zero-order chi connectivity index (χ0) is 27.0. The molecule has 0 saturated carbocycles. The Kier molecular flexibility index (Phi) is 7.98. The number of aliphatic hydroxyl groups is 1. The Balaban J connectivity index is 1.67. The van der Waals surface area contributed by atoms with Crippen LogP contribution in [-0.4, -0.2) is 19.3 Å². The molecule has 37 heavy (non-hydrogen) atoms. The number of aliphatic hydroxyl groups excluding tert-OH is 1. The summed E-state index contributed by atoms with van der Waals surface area (Å²) in [5.41, 5.74) is 2.46. The summed E-state index contributed by atoms with van der Waals surface area (Å²) in [5.74, 6) is 0.179. The normalized spacial score (nSPS) is 18.9. The number of hydrogen-bond donors (Lipinski definition) is 1. The molecule has 4 nitrogen and oxygen atoms in total. The summed E-state index contributed by atoms with van der Waals surface area (Å²) < 4.78 is 21.1. The Labute approximate surface area is 228 Å². The van der Waals surface area contributed by atoms with Gasteiger partial charge in [-0.1, -0.05) is 73.1 Å². The van der Waals surface area contributed by atoms with Crippen LogP contribution in [0.2, 0.25) is 18.1 Å². The van der Waals surface area contributed by atoms with E-state index in [0.717, 1.165) is 21.5 Å². The van der Waals surface area contributed by atoms with Crippen LogP contribution in [0.25, 0.3) is 0 Å². The zero-order valence-electron chi connectivity index (χ0n) is 22.0. The van der Waals surface area contributed by atoms with Gasteiger partial charge in [0.25, 0.3) is 0 Å². The lowest BCUT2D eigenvalue weighted by Gasteiger charge is -2.49. The van der Waals surface area contributed by atoms with Gasteiger partial charge >= 0.3 is 0 Å². The van der Waals surface area contributed by atoms with Crippen LogP contribution in [0.15, 0.2) is 77.3 Å². The fraction of sp³-hybridized carbons (Fsp3) is 0.367. The maximum absolute atomic E-state index is 13.5. The van der Waals surface area contributed by atoms with E-state index in [-0.39, 0.29) is 28.7 Å². The van der Waals surface area contributed by atoms with Crippen LogP contribution in [0.3, 0.4) is 0 Å². The summed E-state index contributed by atoms with van der Waals surface area (Å²) in [6.45, 7) is 11.1. The van der Waals surface area contributed by atoms with Crippen molar-refractivity contribution in [2.75, 3.05) is 4.90 Å². The molecule has 1 heterocycles. The van der Waals surface area contributed by atoms with Crippen molar-refractivity contribution in [2.45, 2.75) is 63.9 Å². The van der Waals surface area contributed by atoms with Crippen molar-refractivity contribution in [3.8, 4) is 5.75 Å². The largest absolute Gasteiger partial charge is 0.543 e. The SMILES string of the molecule is CC(C)(C)[Si](C)(C)Oc1cc(Br)ccc1[C@@H]1[C@@H](CC[C@H](O)c2ccc(F)cc2)C(=O)N1c1ccccc1. The van der Waals surface area contributed by atoms with Gasteiger partial charge in [0.1, 0.15) is 11.6 Å². The molecule has 4 rings (SSSR count). The molecule has 0 unspecified atom stereocenters. The molecule has 1 fully saturated rings. The highest BCUT2D eigenvalue weighted by Crippen LogP contribution is 2.50. The van der Waals surface area contributed by atoms with Crippen LogP contribution in [0.4, 0.5) is 10.1 Å². The predicted octanol–water partition coefficient (Wildman–Crippen LogP) is 8.19. The standard InChI is InChI=1S/C30H35BrFNO3Si/c1-30(2,3)37(4,5)36-27-19-21(31)13-16-24(27)28-25(29(35)33(28)23-9-7-6-8-10-23)17-18-26(34)20-11-14-22(32)15-12-20/h6-16,19,25-26,28,34H,17-18H2,1-5H3/t25-,26+,28-/m1/s1. The van der Waals surface area contributed by atoms with Gasteiger partial charge in [0.05, 0.1) is 18.1 Å². The van der Waals surface area contributed by atoms with E-state index in [2.05, 4.69) is 49.8 Å². The summed E-state index contributed by atoms with van der Waals surface area (Å²) in [6.07, 6.45) is 0.129. The van der Waals surface area contributed by atoms with Crippen molar-refractivity contribution in [1.82, 2.24) is 0 Å². The molecule has 0 radical (unpaired) electrons. The second-order valence-corrected chi connectivity index (χ2v) is 16.9. The van der Waals surface area contributed by atoms with Crippen LogP contribution in [-0.2, 0) is 4.79 Å². The van der Waals surface area contributed by atoms with E-state index in [9.17, 15) is 14.3 Å².